The molecule has 1 aliphatic heterocycles. The second-order valence-corrected chi connectivity index (χ2v) is 3.67. The number of carbonyl (C=O) groups is 1. The van der Waals surface area contributed by atoms with Crippen molar-refractivity contribution in [2.75, 3.05) is 13.1 Å². The van der Waals surface area contributed by atoms with Crippen molar-refractivity contribution in [1.29, 1.82) is 0 Å². The Morgan fingerprint density at radius 1 is 1.64 bits per heavy atom. The molecule has 2 heterocycles. The van der Waals surface area contributed by atoms with Crippen LogP contribution >= 0.6 is 11.6 Å². The molecule has 1 aromatic heterocycles. The lowest BCUT2D eigenvalue weighted by Gasteiger charge is -2.12. The Bertz CT molecular complexity index is 350. The van der Waals surface area contributed by atoms with Crippen LogP contribution in [0.5, 0.6) is 0 Å². The maximum atomic E-state index is 11.7. The smallest absolute Gasteiger partial charge is 0.289 e. The molecule has 4 nitrogen and oxygen atoms in total. The molecule has 14 heavy (non-hydrogen) atoms. The van der Waals surface area contributed by atoms with Gasteiger partial charge >= 0.3 is 0 Å². The Hall–Kier alpha value is -1.00. The van der Waals surface area contributed by atoms with E-state index >= 15 is 0 Å². The molecule has 0 radical (unpaired) electrons. The van der Waals surface area contributed by atoms with Crippen LogP contribution in [0.1, 0.15) is 17.0 Å². The Morgan fingerprint density at radius 3 is 2.93 bits per heavy atom. The number of β-amino-alcohol motifs (C(OH)–C–C–N with tert-alkyl or cyclic N) is 1. The summed E-state index contributed by atoms with van der Waals surface area (Å²) in [6, 6.07) is 3.07. The maximum Gasteiger partial charge on any atom is 0.289 e. The second kappa shape index (κ2) is 3.63. The van der Waals surface area contributed by atoms with Gasteiger partial charge in [0.25, 0.3) is 5.91 Å². The first-order chi connectivity index (χ1) is 6.66. The molecule has 0 aliphatic carbocycles. The van der Waals surface area contributed by atoms with E-state index in [9.17, 15) is 9.90 Å². The number of aliphatic hydroxyl groups is 1. The molecule has 0 aromatic carbocycles. The minimum Gasteiger partial charge on any atom is -0.440 e. The van der Waals surface area contributed by atoms with Crippen molar-refractivity contribution in [2.45, 2.75) is 12.5 Å². The van der Waals surface area contributed by atoms with Gasteiger partial charge in [0.2, 0.25) is 0 Å². The van der Waals surface area contributed by atoms with Gasteiger partial charge in [-0.2, -0.15) is 0 Å². The van der Waals surface area contributed by atoms with E-state index in [1.165, 1.54) is 12.1 Å². The number of hydrogen-bond acceptors (Lipinski definition) is 3. The first-order valence-electron chi connectivity index (χ1n) is 4.39. The van der Waals surface area contributed by atoms with E-state index in [0.29, 0.717) is 19.5 Å². The molecular formula is C9H10ClNO3. The van der Waals surface area contributed by atoms with Crippen molar-refractivity contribution >= 4 is 17.5 Å². The van der Waals surface area contributed by atoms with Crippen LogP contribution in [0.15, 0.2) is 16.5 Å². The number of rotatable bonds is 1. The van der Waals surface area contributed by atoms with E-state index in [0.717, 1.165) is 0 Å². The van der Waals surface area contributed by atoms with E-state index in [1.807, 2.05) is 0 Å². The van der Waals surface area contributed by atoms with Crippen molar-refractivity contribution in [3.05, 3.63) is 23.1 Å². The van der Waals surface area contributed by atoms with E-state index in [4.69, 9.17) is 16.0 Å². The minimum atomic E-state index is -0.413. The van der Waals surface area contributed by atoms with Crippen LogP contribution in [0.3, 0.4) is 0 Å². The van der Waals surface area contributed by atoms with Crippen LogP contribution in [0.2, 0.25) is 5.22 Å². The summed E-state index contributed by atoms with van der Waals surface area (Å²) in [6.07, 6.45) is 0.213. The number of furan rings is 1. The van der Waals surface area contributed by atoms with E-state index in [-0.39, 0.29) is 16.9 Å². The fourth-order valence-corrected chi connectivity index (χ4v) is 1.66. The van der Waals surface area contributed by atoms with Crippen LogP contribution in [-0.4, -0.2) is 35.1 Å². The molecule has 1 aliphatic rings. The predicted molar refractivity (Wildman–Crippen MR) is 50.2 cm³/mol. The number of amides is 1. The second-order valence-electron chi connectivity index (χ2n) is 3.30. The van der Waals surface area contributed by atoms with E-state index in [1.54, 1.807) is 4.90 Å². The summed E-state index contributed by atoms with van der Waals surface area (Å²) in [4.78, 5) is 13.2. The van der Waals surface area contributed by atoms with E-state index < -0.39 is 6.10 Å². The number of aliphatic hydroxyl groups excluding tert-OH is 1. The van der Waals surface area contributed by atoms with Gasteiger partial charge in [0.15, 0.2) is 11.0 Å². The third-order valence-corrected chi connectivity index (χ3v) is 2.44. The minimum absolute atomic E-state index is 0.202. The van der Waals surface area contributed by atoms with Gasteiger partial charge in [-0.1, -0.05) is 0 Å². The van der Waals surface area contributed by atoms with Gasteiger partial charge in [0.1, 0.15) is 0 Å². The molecule has 1 amide bonds. The summed E-state index contributed by atoms with van der Waals surface area (Å²) >= 11 is 5.55. The zero-order chi connectivity index (χ0) is 10.1. The Kier molecular flexibility index (Phi) is 2.48. The summed E-state index contributed by atoms with van der Waals surface area (Å²) in [5.74, 6) is 0.0116. The molecule has 5 heteroatoms. The molecule has 1 N–H and O–H groups in total. The van der Waals surface area contributed by atoms with Crippen molar-refractivity contribution in [3.8, 4) is 0 Å². The molecule has 0 bridgehead atoms. The van der Waals surface area contributed by atoms with Gasteiger partial charge < -0.3 is 14.4 Å². The molecule has 1 aromatic rings. The molecule has 0 spiro atoms. The molecule has 76 valence electrons. The molecule has 1 saturated heterocycles. The van der Waals surface area contributed by atoms with Gasteiger partial charge in [-0.15, -0.1) is 0 Å². The SMILES string of the molecule is O=C(c1ccc(Cl)o1)N1CCC(O)C1. The van der Waals surface area contributed by atoms with Gasteiger partial charge in [0.05, 0.1) is 6.10 Å². The molecule has 1 atom stereocenters. The van der Waals surface area contributed by atoms with Crippen LogP contribution in [-0.2, 0) is 0 Å². The zero-order valence-electron chi connectivity index (χ0n) is 7.44. The highest BCUT2D eigenvalue weighted by atomic mass is 35.5. The Balaban J connectivity index is 2.09. The summed E-state index contributed by atoms with van der Waals surface area (Å²) in [6.45, 7) is 0.940. The molecule has 0 saturated carbocycles. The highest BCUT2D eigenvalue weighted by molar-refractivity contribution is 6.29. The lowest BCUT2D eigenvalue weighted by Crippen LogP contribution is -2.29. The fourth-order valence-electron chi connectivity index (χ4n) is 1.51. The highest BCUT2D eigenvalue weighted by Gasteiger charge is 2.26. The molecule has 1 unspecified atom stereocenters. The number of halogens is 1. The maximum absolute atomic E-state index is 11.7. The largest absolute Gasteiger partial charge is 0.440 e. The van der Waals surface area contributed by atoms with E-state index in [2.05, 4.69) is 0 Å². The van der Waals surface area contributed by atoms with Crippen LogP contribution in [0.4, 0.5) is 0 Å². The monoisotopic (exact) mass is 215 g/mol. The molecular weight excluding hydrogens is 206 g/mol. The molecule has 2 rings (SSSR count). The first-order valence-corrected chi connectivity index (χ1v) is 4.77. The Morgan fingerprint density at radius 2 is 2.43 bits per heavy atom. The number of hydrogen-bond donors (Lipinski definition) is 1. The average Bonchev–Trinajstić information content (AvgIpc) is 2.73. The number of nitrogens with zero attached hydrogens (tertiary/aromatic N) is 1. The first kappa shape index (κ1) is 9.55. The van der Waals surface area contributed by atoms with Crippen LogP contribution < -0.4 is 0 Å². The molecule has 1 fully saturated rings. The van der Waals surface area contributed by atoms with Gasteiger partial charge in [-0.3, -0.25) is 4.79 Å². The summed E-state index contributed by atoms with van der Waals surface area (Å²) in [5, 5.41) is 9.45. The normalized spacial score (nSPS) is 21.6. The summed E-state index contributed by atoms with van der Waals surface area (Å²) in [5.41, 5.74) is 0. The lowest BCUT2D eigenvalue weighted by atomic mass is 10.3. The third-order valence-electron chi connectivity index (χ3n) is 2.23. The fraction of sp³-hybridized carbons (Fsp3) is 0.444. The summed E-state index contributed by atoms with van der Waals surface area (Å²) < 4.78 is 4.99. The third kappa shape index (κ3) is 1.76. The van der Waals surface area contributed by atoms with Gasteiger partial charge in [0, 0.05) is 13.1 Å². The lowest BCUT2D eigenvalue weighted by molar-refractivity contribution is 0.0734. The quantitative estimate of drug-likeness (QED) is 0.765. The van der Waals surface area contributed by atoms with Crippen molar-refractivity contribution in [1.82, 2.24) is 4.90 Å². The van der Waals surface area contributed by atoms with Gasteiger partial charge in [-0.25, -0.2) is 0 Å². The standard InChI is InChI=1S/C9H10ClNO3/c10-8-2-1-7(14-8)9(13)11-4-3-6(12)5-11/h1-2,6,12H,3-5H2. The topological polar surface area (TPSA) is 53.7 Å². The number of likely N-dealkylation sites (tertiary alicyclic amines) is 1. The average molecular weight is 216 g/mol. The Labute approximate surface area is 86.1 Å². The predicted octanol–water partition coefficient (Wildman–Crippen LogP) is 1.14. The van der Waals surface area contributed by atoms with Crippen molar-refractivity contribution in [3.63, 3.8) is 0 Å². The summed E-state index contributed by atoms with van der Waals surface area (Å²) in [7, 11) is 0. The zero-order valence-corrected chi connectivity index (χ0v) is 8.20. The van der Waals surface area contributed by atoms with Crippen molar-refractivity contribution in [2.24, 2.45) is 0 Å². The van der Waals surface area contributed by atoms with Crippen LogP contribution in [0.25, 0.3) is 0 Å². The highest BCUT2D eigenvalue weighted by Crippen LogP contribution is 2.17. The van der Waals surface area contributed by atoms with Crippen molar-refractivity contribution < 1.29 is 14.3 Å². The number of carbonyl (C=O) groups excluding carboxylic acids is 1. The van der Waals surface area contributed by atoms with Crippen LogP contribution in [0, 0.1) is 0 Å². The van der Waals surface area contributed by atoms with Gasteiger partial charge in [-0.05, 0) is 30.2 Å².